The largest absolute Gasteiger partial charge is 0.447 e. The standard InChI is InChI=1S/C8H14O2/c1-3-9-7-5-6-8-10-4-2/h3-5,7H2,1-2H3. The Hall–Kier alpha value is -0.680. The fourth-order valence-corrected chi connectivity index (χ4v) is 0.442. The van der Waals surface area contributed by atoms with Gasteiger partial charge in [0.1, 0.15) is 6.11 Å². The molecular formula is C8H14O2. The normalized spacial score (nSPS) is 8.20. The summed E-state index contributed by atoms with van der Waals surface area (Å²) in [4.78, 5) is 0. The van der Waals surface area contributed by atoms with Gasteiger partial charge in [0.05, 0.1) is 13.2 Å². The molecule has 0 aromatic carbocycles. The molecule has 0 aliphatic rings. The van der Waals surface area contributed by atoms with Gasteiger partial charge in [-0.25, -0.2) is 0 Å². The molecule has 0 atom stereocenters. The van der Waals surface area contributed by atoms with Gasteiger partial charge in [0, 0.05) is 13.0 Å². The van der Waals surface area contributed by atoms with Crippen LogP contribution in [0, 0.1) is 12.0 Å². The highest BCUT2D eigenvalue weighted by Crippen LogP contribution is 1.78. The van der Waals surface area contributed by atoms with Crippen molar-refractivity contribution in [2.45, 2.75) is 20.3 Å². The van der Waals surface area contributed by atoms with Crippen LogP contribution in [0.1, 0.15) is 20.3 Å². The van der Waals surface area contributed by atoms with Crippen molar-refractivity contribution in [2.24, 2.45) is 0 Å². The maximum Gasteiger partial charge on any atom is 0.110 e. The first-order chi connectivity index (χ1) is 4.91. The molecule has 0 aliphatic carbocycles. The Kier molecular flexibility index (Phi) is 7.75. The van der Waals surface area contributed by atoms with Crippen molar-refractivity contribution in [3.8, 4) is 12.0 Å². The predicted octanol–water partition coefficient (Wildman–Crippen LogP) is 1.41. The SMILES string of the molecule is CCOC#CCCOCC. The molecule has 0 saturated carbocycles. The molecule has 2 heteroatoms. The van der Waals surface area contributed by atoms with E-state index >= 15 is 0 Å². The van der Waals surface area contributed by atoms with E-state index < -0.39 is 0 Å². The monoisotopic (exact) mass is 142 g/mol. The van der Waals surface area contributed by atoms with Crippen molar-refractivity contribution in [3.63, 3.8) is 0 Å². The third kappa shape index (κ3) is 7.32. The topological polar surface area (TPSA) is 18.5 Å². The third-order valence-corrected chi connectivity index (χ3v) is 0.864. The first-order valence-corrected chi connectivity index (χ1v) is 3.59. The fraction of sp³-hybridized carbons (Fsp3) is 0.750. The molecule has 0 aromatic rings. The summed E-state index contributed by atoms with van der Waals surface area (Å²) < 4.78 is 9.85. The second-order valence-corrected chi connectivity index (χ2v) is 1.66. The summed E-state index contributed by atoms with van der Waals surface area (Å²) in [6, 6.07) is 0. The van der Waals surface area contributed by atoms with E-state index in [0.29, 0.717) is 13.2 Å². The lowest BCUT2D eigenvalue weighted by Gasteiger charge is -1.92. The molecule has 10 heavy (non-hydrogen) atoms. The van der Waals surface area contributed by atoms with E-state index in [4.69, 9.17) is 9.47 Å². The van der Waals surface area contributed by atoms with Gasteiger partial charge in [-0.2, -0.15) is 0 Å². The van der Waals surface area contributed by atoms with Crippen LogP contribution in [-0.2, 0) is 9.47 Å². The number of rotatable bonds is 4. The van der Waals surface area contributed by atoms with E-state index in [2.05, 4.69) is 12.0 Å². The summed E-state index contributed by atoms with van der Waals surface area (Å²) in [6.07, 6.45) is 3.32. The summed E-state index contributed by atoms with van der Waals surface area (Å²) in [5.74, 6) is 2.82. The Labute approximate surface area is 62.5 Å². The van der Waals surface area contributed by atoms with E-state index in [-0.39, 0.29) is 0 Å². The summed E-state index contributed by atoms with van der Waals surface area (Å²) in [5, 5.41) is 0. The van der Waals surface area contributed by atoms with Crippen molar-refractivity contribution in [3.05, 3.63) is 0 Å². The Morgan fingerprint density at radius 1 is 1.20 bits per heavy atom. The molecule has 0 bridgehead atoms. The van der Waals surface area contributed by atoms with Crippen LogP contribution in [0.2, 0.25) is 0 Å². The van der Waals surface area contributed by atoms with Gasteiger partial charge in [0.15, 0.2) is 0 Å². The minimum absolute atomic E-state index is 0.654. The molecule has 0 aliphatic heterocycles. The second-order valence-electron chi connectivity index (χ2n) is 1.66. The van der Waals surface area contributed by atoms with Gasteiger partial charge in [0.2, 0.25) is 0 Å². The van der Waals surface area contributed by atoms with Crippen LogP contribution in [0.5, 0.6) is 0 Å². The van der Waals surface area contributed by atoms with E-state index in [9.17, 15) is 0 Å². The highest BCUT2D eigenvalue weighted by atomic mass is 16.5. The second kappa shape index (κ2) is 8.32. The smallest absolute Gasteiger partial charge is 0.110 e. The Balaban J connectivity index is 2.96. The van der Waals surface area contributed by atoms with Crippen LogP contribution < -0.4 is 0 Å². The zero-order valence-corrected chi connectivity index (χ0v) is 6.64. The quantitative estimate of drug-likeness (QED) is 0.436. The molecule has 0 amide bonds. The predicted molar refractivity (Wildman–Crippen MR) is 40.5 cm³/mol. The minimum atomic E-state index is 0.654. The molecular weight excluding hydrogens is 128 g/mol. The van der Waals surface area contributed by atoms with Gasteiger partial charge in [-0.05, 0) is 13.8 Å². The van der Waals surface area contributed by atoms with Crippen molar-refractivity contribution in [2.75, 3.05) is 19.8 Å². The zero-order valence-electron chi connectivity index (χ0n) is 6.64. The molecule has 0 radical (unpaired) electrons. The molecule has 0 N–H and O–H groups in total. The van der Waals surface area contributed by atoms with Gasteiger partial charge < -0.3 is 9.47 Å². The Bertz CT molecular complexity index is 110. The molecule has 0 saturated heterocycles. The Morgan fingerprint density at radius 3 is 2.60 bits per heavy atom. The lowest BCUT2D eigenvalue weighted by Crippen LogP contribution is -1.90. The van der Waals surface area contributed by atoms with Gasteiger partial charge in [-0.15, -0.1) is 0 Å². The maximum atomic E-state index is 5.06. The average molecular weight is 142 g/mol. The number of hydrogen-bond donors (Lipinski definition) is 0. The van der Waals surface area contributed by atoms with Gasteiger partial charge in [-0.3, -0.25) is 0 Å². The Morgan fingerprint density at radius 2 is 2.00 bits per heavy atom. The first-order valence-electron chi connectivity index (χ1n) is 3.59. The summed E-state index contributed by atoms with van der Waals surface area (Å²) in [7, 11) is 0. The molecule has 0 fully saturated rings. The summed E-state index contributed by atoms with van der Waals surface area (Å²) >= 11 is 0. The van der Waals surface area contributed by atoms with Crippen molar-refractivity contribution in [1.82, 2.24) is 0 Å². The van der Waals surface area contributed by atoms with Gasteiger partial charge in [-0.1, -0.05) is 5.92 Å². The van der Waals surface area contributed by atoms with Gasteiger partial charge >= 0.3 is 0 Å². The molecule has 58 valence electrons. The maximum absolute atomic E-state index is 5.06. The molecule has 0 spiro atoms. The van der Waals surface area contributed by atoms with Crippen LogP contribution in [0.15, 0.2) is 0 Å². The highest BCUT2D eigenvalue weighted by Gasteiger charge is 1.78. The summed E-state index contributed by atoms with van der Waals surface area (Å²) in [5.41, 5.74) is 0. The number of hydrogen-bond acceptors (Lipinski definition) is 2. The number of ether oxygens (including phenoxy) is 2. The fourth-order valence-electron chi connectivity index (χ4n) is 0.442. The molecule has 0 unspecified atom stereocenters. The van der Waals surface area contributed by atoms with Crippen molar-refractivity contribution < 1.29 is 9.47 Å². The lowest BCUT2D eigenvalue weighted by atomic mass is 10.5. The minimum Gasteiger partial charge on any atom is -0.447 e. The first kappa shape index (κ1) is 9.32. The van der Waals surface area contributed by atoms with Crippen molar-refractivity contribution in [1.29, 1.82) is 0 Å². The molecule has 2 nitrogen and oxygen atoms in total. The summed E-state index contributed by atoms with van der Waals surface area (Å²) in [6.45, 7) is 6.00. The van der Waals surface area contributed by atoms with Crippen LogP contribution in [0.25, 0.3) is 0 Å². The molecule has 0 heterocycles. The zero-order chi connectivity index (χ0) is 7.66. The molecule has 0 aromatic heterocycles. The van der Waals surface area contributed by atoms with Crippen LogP contribution in [-0.4, -0.2) is 19.8 Å². The van der Waals surface area contributed by atoms with Crippen molar-refractivity contribution >= 4 is 0 Å². The third-order valence-electron chi connectivity index (χ3n) is 0.864. The van der Waals surface area contributed by atoms with Gasteiger partial charge in [0.25, 0.3) is 0 Å². The van der Waals surface area contributed by atoms with E-state index in [1.165, 1.54) is 0 Å². The van der Waals surface area contributed by atoms with Crippen LogP contribution >= 0.6 is 0 Å². The highest BCUT2D eigenvalue weighted by molar-refractivity contribution is 4.90. The average Bonchev–Trinajstić information content (AvgIpc) is 1.97. The van der Waals surface area contributed by atoms with E-state index in [0.717, 1.165) is 13.0 Å². The van der Waals surface area contributed by atoms with Crippen LogP contribution in [0.4, 0.5) is 0 Å². The molecule has 0 rings (SSSR count). The van der Waals surface area contributed by atoms with E-state index in [1.54, 1.807) is 0 Å². The van der Waals surface area contributed by atoms with E-state index in [1.807, 2.05) is 13.8 Å². The van der Waals surface area contributed by atoms with Crippen LogP contribution in [0.3, 0.4) is 0 Å². The lowest BCUT2D eigenvalue weighted by molar-refractivity contribution is 0.153.